The Morgan fingerprint density at radius 1 is 1.11 bits per heavy atom. The summed E-state index contributed by atoms with van der Waals surface area (Å²) in [5, 5.41) is 0. The zero-order valence-corrected chi connectivity index (χ0v) is 12.0. The number of nitrogens with zero attached hydrogens (tertiary/aromatic N) is 2. The lowest BCUT2D eigenvalue weighted by molar-refractivity contribution is -0.694. The van der Waals surface area contributed by atoms with Crippen LogP contribution in [0, 0.1) is 6.92 Å². The van der Waals surface area contributed by atoms with Gasteiger partial charge in [0.15, 0.2) is 0 Å². The summed E-state index contributed by atoms with van der Waals surface area (Å²) in [4.78, 5) is 0. The first kappa shape index (κ1) is 13.5. The molecule has 102 valence electrons. The molecule has 19 heavy (non-hydrogen) atoms. The Morgan fingerprint density at radius 3 is 2.21 bits per heavy atom. The number of ether oxygens (including phenoxy) is 2. The molecule has 0 saturated carbocycles. The van der Waals surface area contributed by atoms with E-state index in [-0.39, 0.29) is 0 Å². The molecule has 0 radical (unpaired) electrons. The van der Waals surface area contributed by atoms with Gasteiger partial charge < -0.3 is 9.47 Å². The first-order valence-corrected chi connectivity index (χ1v) is 6.45. The molecule has 1 heterocycles. The van der Waals surface area contributed by atoms with Crippen LogP contribution in [0.1, 0.15) is 18.3 Å². The average molecular weight is 261 g/mol. The van der Waals surface area contributed by atoms with Gasteiger partial charge in [-0.15, -0.1) is 0 Å². The summed E-state index contributed by atoms with van der Waals surface area (Å²) in [7, 11) is 3.34. The highest BCUT2D eigenvalue weighted by Crippen LogP contribution is 2.22. The Hall–Kier alpha value is -1.97. The van der Waals surface area contributed by atoms with Gasteiger partial charge >= 0.3 is 0 Å². The second-order valence-electron chi connectivity index (χ2n) is 4.48. The summed E-state index contributed by atoms with van der Waals surface area (Å²) in [6.45, 7) is 6.07. The maximum Gasteiger partial charge on any atom is 0.253 e. The third-order valence-corrected chi connectivity index (χ3v) is 3.36. The monoisotopic (exact) mass is 261 g/mol. The highest BCUT2D eigenvalue weighted by atomic mass is 16.5. The fourth-order valence-electron chi connectivity index (χ4n) is 2.20. The molecule has 0 amide bonds. The van der Waals surface area contributed by atoms with Crippen LogP contribution in [0.5, 0.6) is 11.5 Å². The molecule has 0 bridgehead atoms. The Labute approximate surface area is 114 Å². The number of hydrogen-bond acceptors (Lipinski definition) is 2. The van der Waals surface area contributed by atoms with E-state index < -0.39 is 0 Å². The topological polar surface area (TPSA) is 27.3 Å². The van der Waals surface area contributed by atoms with Crippen molar-refractivity contribution < 1.29 is 14.0 Å². The summed E-state index contributed by atoms with van der Waals surface area (Å²) in [5.74, 6) is 2.88. The van der Waals surface area contributed by atoms with Crippen LogP contribution in [-0.4, -0.2) is 18.8 Å². The maximum atomic E-state index is 5.30. The minimum atomic E-state index is 0.812. The lowest BCUT2D eigenvalue weighted by Gasteiger charge is -2.07. The highest BCUT2D eigenvalue weighted by Gasteiger charge is 2.12. The summed E-state index contributed by atoms with van der Waals surface area (Å²) in [5.41, 5.74) is 1.16. The Morgan fingerprint density at radius 2 is 1.74 bits per heavy atom. The van der Waals surface area contributed by atoms with E-state index in [1.54, 1.807) is 14.2 Å². The molecular formula is C15H21N2O2+. The Kier molecular flexibility index (Phi) is 4.10. The van der Waals surface area contributed by atoms with E-state index >= 15 is 0 Å². The molecule has 1 aromatic heterocycles. The van der Waals surface area contributed by atoms with Gasteiger partial charge in [-0.1, -0.05) is 0 Å². The number of hydrogen-bond donors (Lipinski definition) is 0. The largest absolute Gasteiger partial charge is 0.497 e. The SMILES string of the molecule is CCn1cc[n+](Cc2cc(OC)cc(OC)c2)c1C. The third-order valence-electron chi connectivity index (χ3n) is 3.36. The number of aryl methyl sites for hydroxylation is 1. The van der Waals surface area contributed by atoms with Crippen LogP contribution in [0.25, 0.3) is 0 Å². The van der Waals surface area contributed by atoms with Crippen LogP contribution in [0.15, 0.2) is 30.6 Å². The van der Waals surface area contributed by atoms with Crippen molar-refractivity contribution in [2.24, 2.45) is 0 Å². The number of rotatable bonds is 5. The average Bonchev–Trinajstić information content (AvgIpc) is 2.79. The van der Waals surface area contributed by atoms with Gasteiger partial charge in [0, 0.05) is 18.6 Å². The summed E-state index contributed by atoms with van der Waals surface area (Å²) >= 11 is 0. The molecule has 2 rings (SSSR count). The molecule has 0 N–H and O–H groups in total. The Balaban J connectivity index is 2.29. The van der Waals surface area contributed by atoms with Crippen LogP contribution in [-0.2, 0) is 13.1 Å². The van der Waals surface area contributed by atoms with Gasteiger partial charge in [-0.2, -0.15) is 0 Å². The minimum Gasteiger partial charge on any atom is -0.497 e. The lowest BCUT2D eigenvalue weighted by atomic mass is 10.2. The van der Waals surface area contributed by atoms with E-state index in [0.717, 1.165) is 30.2 Å². The smallest absolute Gasteiger partial charge is 0.253 e. The standard InChI is InChI=1S/C15H21N2O2/c1-5-16-6-7-17(12(16)2)11-13-8-14(18-3)10-15(9-13)19-4/h6-10H,5,11H2,1-4H3/q+1. The first-order chi connectivity index (χ1) is 9.17. The van der Waals surface area contributed by atoms with E-state index in [1.165, 1.54) is 5.82 Å². The number of aromatic nitrogens is 2. The van der Waals surface area contributed by atoms with Crippen LogP contribution in [0.2, 0.25) is 0 Å². The molecule has 1 aromatic carbocycles. The van der Waals surface area contributed by atoms with Gasteiger partial charge in [0.25, 0.3) is 5.82 Å². The fraction of sp³-hybridized carbons (Fsp3) is 0.400. The van der Waals surface area contributed by atoms with Gasteiger partial charge in [-0.05, 0) is 19.1 Å². The van der Waals surface area contributed by atoms with Crippen molar-refractivity contribution in [2.75, 3.05) is 14.2 Å². The lowest BCUT2D eigenvalue weighted by Crippen LogP contribution is -2.36. The molecule has 4 heteroatoms. The molecule has 0 spiro atoms. The second kappa shape index (κ2) is 5.78. The van der Waals surface area contributed by atoms with E-state index in [0.29, 0.717) is 0 Å². The molecule has 0 aliphatic carbocycles. The van der Waals surface area contributed by atoms with Crippen molar-refractivity contribution in [3.8, 4) is 11.5 Å². The van der Waals surface area contributed by atoms with E-state index in [4.69, 9.17) is 9.47 Å². The van der Waals surface area contributed by atoms with Crippen molar-refractivity contribution in [3.05, 3.63) is 42.0 Å². The minimum absolute atomic E-state index is 0.812. The van der Waals surface area contributed by atoms with Gasteiger partial charge in [0.2, 0.25) is 0 Å². The zero-order chi connectivity index (χ0) is 13.8. The van der Waals surface area contributed by atoms with Crippen LogP contribution < -0.4 is 14.0 Å². The van der Waals surface area contributed by atoms with Crippen LogP contribution in [0.4, 0.5) is 0 Å². The number of imidazole rings is 1. The van der Waals surface area contributed by atoms with Crippen molar-refractivity contribution in [1.82, 2.24) is 4.57 Å². The van der Waals surface area contributed by atoms with Crippen LogP contribution >= 0.6 is 0 Å². The third kappa shape index (κ3) is 2.89. The number of methoxy groups -OCH3 is 2. The molecule has 0 atom stereocenters. The first-order valence-electron chi connectivity index (χ1n) is 6.45. The van der Waals surface area contributed by atoms with Crippen LogP contribution in [0.3, 0.4) is 0 Å². The van der Waals surface area contributed by atoms with Gasteiger partial charge in [0.1, 0.15) is 30.4 Å². The molecule has 0 fully saturated rings. The zero-order valence-electron chi connectivity index (χ0n) is 12.0. The van der Waals surface area contributed by atoms with Crippen molar-refractivity contribution in [2.45, 2.75) is 26.9 Å². The van der Waals surface area contributed by atoms with Crippen molar-refractivity contribution in [3.63, 3.8) is 0 Å². The van der Waals surface area contributed by atoms with Gasteiger partial charge in [-0.3, -0.25) is 0 Å². The second-order valence-corrected chi connectivity index (χ2v) is 4.48. The predicted octanol–water partition coefficient (Wildman–Crippen LogP) is 2.17. The Bertz CT molecular complexity index is 539. The summed E-state index contributed by atoms with van der Waals surface area (Å²) in [6.07, 6.45) is 4.21. The van der Waals surface area contributed by atoms with E-state index in [9.17, 15) is 0 Å². The van der Waals surface area contributed by atoms with Crippen molar-refractivity contribution in [1.29, 1.82) is 0 Å². The molecular weight excluding hydrogens is 240 g/mol. The number of benzene rings is 1. The van der Waals surface area contributed by atoms with Gasteiger partial charge in [0.05, 0.1) is 20.8 Å². The molecule has 0 aliphatic rings. The van der Waals surface area contributed by atoms with Crippen molar-refractivity contribution >= 4 is 0 Å². The van der Waals surface area contributed by atoms with Gasteiger partial charge in [-0.25, -0.2) is 9.13 Å². The molecule has 4 nitrogen and oxygen atoms in total. The summed E-state index contributed by atoms with van der Waals surface area (Å²) in [6, 6.07) is 5.97. The highest BCUT2D eigenvalue weighted by molar-refractivity contribution is 5.38. The van der Waals surface area contributed by atoms with E-state index in [2.05, 4.69) is 35.4 Å². The van der Waals surface area contributed by atoms with E-state index in [1.807, 2.05) is 18.2 Å². The molecule has 0 saturated heterocycles. The maximum absolute atomic E-state index is 5.30. The fourth-order valence-corrected chi connectivity index (χ4v) is 2.20. The normalized spacial score (nSPS) is 10.5. The molecule has 0 unspecified atom stereocenters. The summed E-state index contributed by atoms with van der Waals surface area (Å²) < 4.78 is 15.0. The predicted molar refractivity (Wildman–Crippen MR) is 73.7 cm³/mol. The molecule has 0 aliphatic heterocycles. The quantitative estimate of drug-likeness (QED) is 0.771. The molecule has 2 aromatic rings.